The standard InChI is InChI=1S/C27H27ClN2O5/c1-3-34-27(32)22-17-20(6-9-24(22)30-12-14-33-15-13-30)29-26(31)11-8-21-7-10-25(35-21)19-5-4-18(2)23(28)16-19/h4-11,16-17H,3,12-15H2,1-2H3,(H,29,31)/b11-8+. The molecular formula is C27H27ClN2O5. The zero-order chi connectivity index (χ0) is 24.8. The molecule has 0 saturated carbocycles. The highest BCUT2D eigenvalue weighted by Crippen LogP contribution is 2.28. The van der Waals surface area contributed by atoms with Gasteiger partial charge in [-0.25, -0.2) is 4.79 Å². The van der Waals surface area contributed by atoms with E-state index in [1.807, 2.05) is 37.3 Å². The van der Waals surface area contributed by atoms with Gasteiger partial charge in [0.25, 0.3) is 0 Å². The van der Waals surface area contributed by atoms with Crippen LogP contribution in [0.3, 0.4) is 0 Å². The second-order valence-corrected chi connectivity index (χ2v) is 8.45. The molecule has 1 aliphatic rings. The molecule has 0 atom stereocenters. The van der Waals surface area contributed by atoms with Crippen LogP contribution in [0.5, 0.6) is 0 Å². The number of ether oxygens (including phenoxy) is 2. The zero-order valence-electron chi connectivity index (χ0n) is 19.7. The fourth-order valence-electron chi connectivity index (χ4n) is 3.75. The highest BCUT2D eigenvalue weighted by Gasteiger charge is 2.20. The van der Waals surface area contributed by atoms with E-state index in [-0.39, 0.29) is 12.5 Å². The number of carbonyl (C=O) groups excluding carboxylic acids is 2. The first-order valence-electron chi connectivity index (χ1n) is 11.4. The van der Waals surface area contributed by atoms with Crippen LogP contribution in [0.15, 0.2) is 59.0 Å². The molecule has 4 rings (SSSR count). The van der Waals surface area contributed by atoms with Gasteiger partial charge in [-0.2, -0.15) is 0 Å². The summed E-state index contributed by atoms with van der Waals surface area (Å²) in [4.78, 5) is 27.2. The predicted octanol–water partition coefficient (Wildman–Crippen LogP) is 5.57. The molecule has 1 aliphatic heterocycles. The number of aryl methyl sites for hydroxylation is 1. The van der Waals surface area contributed by atoms with Crippen molar-refractivity contribution in [2.75, 3.05) is 43.1 Å². The maximum Gasteiger partial charge on any atom is 0.340 e. The molecule has 1 N–H and O–H groups in total. The van der Waals surface area contributed by atoms with E-state index >= 15 is 0 Å². The van der Waals surface area contributed by atoms with Gasteiger partial charge in [-0.15, -0.1) is 0 Å². The number of amides is 1. The third-order valence-corrected chi connectivity index (χ3v) is 6.00. The quantitative estimate of drug-likeness (QED) is 0.341. The van der Waals surface area contributed by atoms with Gasteiger partial charge in [0.15, 0.2) is 0 Å². The third kappa shape index (κ3) is 6.12. The Kier molecular flexibility index (Phi) is 7.90. The van der Waals surface area contributed by atoms with Gasteiger partial charge in [0, 0.05) is 35.4 Å². The Labute approximate surface area is 209 Å². The van der Waals surface area contributed by atoms with E-state index < -0.39 is 5.97 Å². The second kappa shape index (κ2) is 11.3. The van der Waals surface area contributed by atoms with Gasteiger partial charge in [-0.3, -0.25) is 4.79 Å². The van der Waals surface area contributed by atoms with Crippen molar-refractivity contribution in [1.29, 1.82) is 0 Å². The smallest absolute Gasteiger partial charge is 0.340 e. The van der Waals surface area contributed by atoms with E-state index in [1.54, 1.807) is 31.2 Å². The molecule has 1 fully saturated rings. The van der Waals surface area contributed by atoms with Gasteiger partial charge in [0.1, 0.15) is 11.5 Å². The first-order chi connectivity index (χ1) is 16.9. The monoisotopic (exact) mass is 494 g/mol. The maximum absolute atomic E-state index is 12.6. The number of nitrogens with one attached hydrogen (secondary N) is 1. The third-order valence-electron chi connectivity index (χ3n) is 5.59. The molecule has 0 bridgehead atoms. The van der Waals surface area contributed by atoms with Crippen molar-refractivity contribution in [1.82, 2.24) is 0 Å². The Balaban J connectivity index is 1.46. The van der Waals surface area contributed by atoms with E-state index in [9.17, 15) is 9.59 Å². The summed E-state index contributed by atoms with van der Waals surface area (Å²) >= 11 is 6.21. The Morgan fingerprint density at radius 2 is 1.91 bits per heavy atom. The molecule has 3 aromatic rings. The average Bonchev–Trinajstić information content (AvgIpc) is 3.34. The number of carbonyl (C=O) groups is 2. The summed E-state index contributed by atoms with van der Waals surface area (Å²) in [6.07, 6.45) is 2.97. The molecule has 35 heavy (non-hydrogen) atoms. The Bertz CT molecular complexity index is 1240. The highest BCUT2D eigenvalue weighted by molar-refractivity contribution is 6.31. The van der Waals surface area contributed by atoms with Crippen molar-refractivity contribution in [2.24, 2.45) is 0 Å². The van der Waals surface area contributed by atoms with Gasteiger partial charge in [-0.05, 0) is 61.9 Å². The molecule has 0 unspecified atom stereocenters. The molecule has 182 valence electrons. The van der Waals surface area contributed by atoms with Gasteiger partial charge >= 0.3 is 5.97 Å². The predicted molar refractivity (Wildman–Crippen MR) is 137 cm³/mol. The Morgan fingerprint density at radius 1 is 1.11 bits per heavy atom. The number of anilines is 2. The minimum Gasteiger partial charge on any atom is -0.462 e. The minimum absolute atomic E-state index is 0.265. The Morgan fingerprint density at radius 3 is 2.66 bits per heavy atom. The summed E-state index contributed by atoms with van der Waals surface area (Å²) < 4.78 is 16.5. The van der Waals surface area contributed by atoms with Crippen LogP contribution in [0, 0.1) is 6.92 Å². The maximum atomic E-state index is 12.6. The lowest BCUT2D eigenvalue weighted by molar-refractivity contribution is -0.111. The van der Waals surface area contributed by atoms with E-state index in [0.29, 0.717) is 54.1 Å². The number of furan rings is 1. The number of morpholine rings is 1. The van der Waals surface area contributed by atoms with Gasteiger partial charge in [-0.1, -0.05) is 23.7 Å². The van der Waals surface area contributed by atoms with Gasteiger partial charge in [0.05, 0.1) is 31.1 Å². The fraction of sp³-hybridized carbons (Fsp3) is 0.259. The average molecular weight is 495 g/mol. The molecule has 0 aliphatic carbocycles. The minimum atomic E-state index is -0.431. The van der Waals surface area contributed by atoms with Crippen molar-refractivity contribution >= 4 is 40.9 Å². The van der Waals surface area contributed by atoms with Crippen LogP contribution in [-0.2, 0) is 14.3 Å². The lowest BCUT2D eigenvalue weighted by atomic mass is 10.1. The van der Waals surface area contributed by atoms with Crippen LogP contribution in [0.4, 0.5) is 11.4 Å². The summed E-state index contributed by atoms with van der Waals surface area (Å²) in [5, 5.41) is 3.46. The van der Waals surface area contributed by atoms with E-state index in [0.717, 1.165) is 16.8 Å². The van der Waals surface area contributed by atoms with Crippen LogP contribution in [0.25, 0.3) is 17.4 Å². The second-order valence-electron chi connectivity index (χ2n) is 8.04. The first-order valence-corrected chi connectivity index (χ1v) is 11.8. The number of benzene rings is 2. The molecule has 8 heteroatoms. The number of esters is 1. The summed E-state index contributed by atoms with van der Waals surface area (Å²) in [5.41, 5.74) is 3.51. The molecule has 7 nitrogen and oxygen atoms in total. The number of rotatable bonds is 7. The van der Waals surface area contributed by atoms with E-state index in [2.05, 4.69) is 10.2 Å². The van der Waals surface area contributed by atoms with E-state index in [4.69, 9.17) is 25.5 Å². The largest absolute Gasteiger partial charge is 0.462 e. The van der Waals surface area contributed by atoms with Crippen LogP contribution < -0.4 is 10.2 Å². The van der Waals surface area contributed by atoms with Crippen molar-refractivity contribution in [2.45, 2.75) is 13.8 Å². The fourth-order valence-corrected chi connectivity index (χ4v) is 3.93. The number of hydrogen-bond acceptors (Lipinski definition) is 6. The van der Waals surface area contributed by atoms with Crippen LogP contribution in [-0.4, -0.2) is 44.8 Å². The molecule has 0 radical (unpaired) electrons. The summed E-state index contributed by atoms with van der Waals surface area (Å²) in [5.74, 6) is 0.404. The molecule has 1 amide bonds. The summed E-state index contributed by atoms with van der Waals surface area (Å²) in [6, 6.07) is 14.5. The van der Waals surface area contributed by atoms with Gasteiger partial charge in [0.2, 0.25) is 5.91 Å². The number of hydrogen-bond donors (Lipinski definition) is 1. The normalized spacial score (nSPS) is 13.7. The van der Waals surface area contributed by atoms with Crippen LogP contribution >= 0.6 is 11.6 Å². The van der Waals surface area contributed by atoms with Crippen molar-refractivity contribution in [3.63, 3.8) is 0 Å². The molecule has 1 saturated heterocycles. The van der Waals surface area contributed by atoms with Crippen LogP contribution in [0.2, 0.25) is 5.02 Å². The molecule has 2 heterocycles. The van der Waals surface area contributed by atoms with Crippen molar-refractivity contribution < 1.29 is 23.5 Å². The molecular weight excluding hydrogens is 468 g/mol. The topological polar surface area (TPSA) is 81.0 Å². The zero-order valence-corrected chi connectivity index (χ0v) is 20.4. The highest BCUT2D eigenvalue weighted by atomic mass is 35.5. The van der Waals surface area contributed by atoms with E-state index in [1.165, 1.54) is 6.08 Å². The Hall–Kier alpha value is -3.55. The SMILES string of the molecule is CCOC(=O)c1cc(NC(=O)/C=C/c2ccc(-c3ccc(C)c(Cl)c3)o2)ccc1N1CCOCC1. The van der Waals surface area contributed by atoms with Gasteiger partial charge < -0.3 is 24.1 Å². The molecule has 2 aromatic carbocycles. The number of nitrogens with zero attached hydrogens (tertiary/aromatic N) is 1. The lowest BCUT2D eigenvalue weighted by Gasteiger charge is -2.30. The van der Waals surface area contributed by atoms with Crippen LogP contribution in [0.1, 0.15) is 28.6 Å². The number of halogens is 1. The van der Waals surface area contributed by atoms with Crippen molar-refractivity contribution in [3.8, 4) is 11.3 Å². The summed E-state index contributed by atoms with van der Waals surface area (Å²) in [6.45, 7) is 6.51. The summed E-state index contributed by atoms with van der Waals surface area (Å²) in [7, 11) is 0. The molecule has 1 aromatic heterocycles. The lowest BCUT2D eigenvalue weighted by Crippen LogP contribution is -2.37. The molecule has 0 spiro atoms. The van der Waals surface area contributed by atoms with Crippen molar-refractivity contribution in [3.05, 3.63) is 76.5 Å². The first kappa shape index (κ1) is 24.6.